The first-order valence-corrected chi connectivity index (χ1v) is 4.98. The highest BCUT2D eigenvalue weighted by molar-refractivity contribution is 6.51. The minimum atomic E-state index is -0.691. The van der Waals surface area contributed by atoms with Crippen molar-refractivity contribution in [1.82, 2.24) is 0 Å². The summed E-state index contributed by atoms with van der Waals surface area (Å²) in [5.74, 6) is -0.0625. The molecule has 0 amide bonds. The molecule has 2 atom stereocenters. The van der Waals surface area contributed by atoms with Crippen LogP contribution in [0.3, 0.4) is 0 Å². The molecule has 0 spiro atoms. The smallest absolute Gasteiger partial charge is 0.330 e. The van der Waals surface area contributed by atoms with Gasteiger partial charge in [-0.3, -0.25) is 0 Å². The molecule has 13 heavy (non-hydrogen) atoms. The molecule has 2 unspecified atom stereocenters. The SMILES string of the molecule is CCOC(=O)C=CC1C(C)C1(Cl)Cl. The number of carbonyl (C=O) groups excluding carboxylic acids is 1. The molecular weight excluding hydrogens is 211 g/mol. The van der Waals surface area contributed by atoms with E-state index >= 15 is 0 Å². The van der Waals surface area contributed by atoms with Crippen LogP contribution in [0, 0.1) is 11.8 Å². The fraction of sp³-hybridized carbons (Fsp3) is 0.667. The summed E-state index contributed by atoms with van der Waals surface area (Å²) in [7, 11) is 0. The molecule has 0 bridgehead atoms. The third-order valence-corrected chi connectivity index (χ3v) is 3.40. The van der Waals surface area contributed by atoms with Crippen LogP contribution < -0.4 is 0 Å². The van der Waals surface area contributed by atoms with E-state index in [0.717, 1.165) is 0 Å². The summed E-state index contributed by atoms with van der Waals surface area (Å²) in [5.41, 5.74) is 0. The second-order valence-electron chi connectivity index (χ2n) is 3.10. The minimum Gasteiger partial charge on any atom is -0.463 e. The molecule has 0 saturated heterocycles. The lowest BCUT2D eigenvalue weighted by Gasteiger charge is -1.94. The summed E-state index contributed by atoms with van der Waals surface area (Å²) in [6.07, 6.45) is 3.10. The molecule has 1 rings (SSSR count). The fourth-order valence-electron chi connectivity index (χ4n) is 1.18. The van der Waals surface area contributed by atoms with Gasteiger partial charge < -0.3 is 4.74 Å². The predicted octanol–water partition coefficient (Wildman–Crippen LogP) is 2.55. The number of allylic oxidation sites excluding steroid dienone is 1. The minimum absolute atomic E-state index is 0.0697. The first-order chi connectivity index (χ1) is 6.00. The quantitative estimate of drug-likeness (QED) is 0.417. The van der Waals surface area contributed by atoms with Crippen molar-refractivity contribution in [3.05, 3.63) is 12.2 Å². The van der Waals surface area contributed by atoms with Gasteiger partial charge in [0.15, 0.2) is 0 Å². The molecule has 0 aromatic rings. The van der Waals surface area contributed by atoms with Gasteiger partial charge in [-0.05, 0) is 12.8 Å². The van der Waals surface area contributed by atoms with E-state index in [1.54, 1.807) is 13.0 Å². The molecule has 74 valence electrons. The number of alkyl halides is 2. The Morgan fingerprint density at radius 1 is 1.62 bits per heavy atom. The van der Waals surface area contributed by atoms with Gasteiger partial charge in [-0.15, -0.1) is 23.2 Å². The second kappa shape index (κ2) is 3.89. The maximum absolute atomic E-state index is 10.9. The van der Waals surface area contributed by atoms with Crippen LogP contribution in [0.5, 0.6) is 0 Å². The van der Waals surface area contributed by atoms with Crippen molar-refractivity contribution >= 4 is 29.2 Å². The highest BCUT2D eigenvalue weighted by atomic mass is 35.5. The van der Waals surface area contributed by atoms with Crippen molar-refractivity contribution in [2.45, 2.75) is 18.2 Å². The van der Waals surface area contributed by atoms with Crippen molar-refractivity contribution in [2.24, 2.45) is 11.8 Å². The molecule has 4 heteroatoms. The molecule has 0 N–H and O–H groups in total. The topological polar surface area (TPSA) is 26.3 Å². The Labute approximate surface area is 87.8 Å². The zero-order chi connectivity index (χ0) is 10.1. The van der Waals surface area contributed by atoms with Crippen molar-refractivity contribution in [1.29, 1.82) is 0 Å². The third kappa shape index (κ3) is 2.38. The third-order valence-electron chi connectivity index (χ3n) is 2.21. The van der Waals surface area contributed by atoms with Crippen molar-refractivity contribution in [3.63, 3.8) is 0 Å². The number of carbonyl (C=O) groups is 1. The van der Waals surface area contributed by atoms with E-state index < -0.39 is 4.33 Å². The fourth-order valence-corrected chi connectivity index (χ4v) is 1.85. The summed E-state index contributed by atoms with van der Waals surface area (Å²) in [5, 5.41) is 0. The first-order valence-electron chi connectivity index (χ1n) is 4.23. The van der Waals surface area contributed by atoms with Crippen LogP contribution in [0.4, 0.5) is 0 Å². The number of esters is 1. The van der Waals surface area contributed by atoms with Gasteiger partial charge in [0.2, 0.25) is 0 Å². The van der Waals surface area contributed by atoms with Gasteiger partial charge >= 0.3 is 5.97 Å². The van der Waals surface area contributed by atoms with E-state index in [1.165, 1.54) is 6.08 Å². The molecule has 0 aromatic carbocycles. The summed E-state index contributed by atoms with van der Waals surface area (Å²) < 4.78 is 4.02. The number of halogens is 2. The van der Waals surface area contributed by atoms with Gasteiger partial charge in [-0.25, -0.2) is 4.79 Å². The highest BCUT2D eigenvalue weighted by Crippen LogP contribution is 2.59. The Morgan fingerprint density at radius 2 is 2.15 bits per heavy atom. The van der Waals surface area contributed by atoms with Crippen LogP contribution >= 0.6 is 23.2 Å². The average Bonchev–Trinajstić information content (AvgIpc) is 2.49. The Balaban J connectivity index is 2.39. The maximum Gasteiger partial charge on any atom is 0.330 e. The largest absolute Gasteiger partial charge is 0.463 e. The van der Waals surface area contributed by atoms with Gasteiger partial charge in [0, 0.05) is 12.0 Å². The molecule has 0 aromatic heterocycles. The molecule has 0 heterocycles. The Hall–Kier alpha value is -0.210. The molecule has 0 aliphatic heterocycles. The van der Waals surface area contributed by atoms with E-state index in [4.69, 9.17) is 27.9 Å². The molecule has 1 fully saturated rings. The molecular formula is C9H12Cl2O2. The van der Waals surface area contributed by atoms with E-state index in [2.05, 4.69) is 0 Å². The summed E-state index contributed by atoms with van der Waals surface area (Å²) in [6.45, 7) is 4.09. The number of rotatable bonds is 3. The van der Waals surface area contributed by atoms with E-state index in [9.17, 15) is 4.79 Å². The average molecular weight is 223 g/mol. The van der Waals surface area contributed by atoms with Crippen LogP contribution in [0.15, 0.2) is 12.2 Å². The first kappa shape index (κ1) is 10.9. The number of hydrogen-bond acceptors (Lipinski definition) is 2. The van der Waals surface area contributed by atoms with E-state index in [0.29, 0.717) is 6.61 Å². The van der Waals surface area contributed by atoms with Crippen LogP contribution in [0.2, 0.25) is 0 Å². The lowest BCUT2D eigenvalue weighted by molar-refractivity contribution is -0.137. The van der Waals surface area contributed by atoms with Gasteiger partial charge in [0.25, 0.3) is 0 Å². The molecule has 1 aliphatic carbocycles. The second-order valence-corrected chi connectivity index (χ2v) is 4.54. The van der Waals surface area contributed by atoms with Crippen LogP contribution in [-0.4, -0.2) is 16.9 Å². The van der Waals surface area contributed by atoms with Gasteiger partial charge in [0.05, 0.1) is 6.61 Å². The molecule has 1 aliphatic rings. The summed E-state index contributed by atoms with van der Waals surface area (Å²) in [4.78, 5) is 10.9. The lowest BCUT2D eigenvalue weighted by Crippen LogP contribution is -1.99. The highest BCUT2D eigenvalue weighted by Gasteiger charge is 2.58. The zero-order valence-electron chi connectivity index (χ0n) is 7.59. The van der Waals surface area contributed by atoms with Crippen LogP contribution in [0.1, 0.15) is 13.8 Å². The summed E-state index contributed by atoms with van der Waals surface area (Å²) >= 11 is 11.8. The van der Waals surface area contributed by atoms with E-state index in [-0.39, 0.29) is 17.8 Å². The Kier molecular flexibility index (Phi) is 3.25. The summed E-state index contributed by atoms with van der Waals surface area (Å²) in [6, 6.07) is 0. The number of ether oxygens (including phenoxy) is 1. The zero-order valence-corrected chi connectivity index (χ0v) is 9.10. The van der Waals surface area contributed by atoms with Crippen molar-refractivity contribution in [2.75, 3.05) is 6.61 Å². The lowest BCUT2D eigenvalue weighted by atomic mass is 10.3. The molecule has 1 saturated carbocycles. The monoisotopic (exact) mass is 222 g/mol. The Bertz CT molecular complexity index is 236. The van der Waals surface area contributed by atoms with Crippen molar-refractivity contribution < 1.29 is 9.53 Å². The van der Waals surface area contributed by atoms with Gasteiger partial charge in [-0.1, -0.05) is 13.0 Å². The standard InChI is InChI=1S/C9H12Cl2O2/c1-3-13-8(12)5-4-7-6(2)9(7,10)11/h4-7H,3H2,1-2H3. The van der Waals surface area contributed by atoms with Gasteiger partial charge in [-0.2, -0.15) is 0 Å². The Morgan fingerprint density at radius 3 is 2.54 bits per heavy atom. The number of hydrogen-bond donors (Lipinski definition) is 0. The van der Waals surface area contributed by atoms with Crippen molar-refractivity contribution in [3.8, 4) is 0 Å². The van der Waals surface area contributed by atoms with E-state index in [1.807, 2.05) is 6.92 Å². The van der Waals surface area contributed by atoms with Gasteiger partial charge in [0.1, 0.15) is 4.33 Å². The molecule has 2 nitrogen and oxygen atoms in total. The predicted molar refractivity (Wildman–Crippen MR) is 52.9 cm³/mol. The molecule has 0 radical (unpaired) electrons. The normalized spacial score (nSPS) is 30.5. The maximum atomic E-state index is 10.9. The van der Waals surface area contributed by atoms with Crippen LogP contribution in [0.25, 0.3) is 0 Å². The van der Waals surface area contributed by atoms with Crippen LogP contribution in [-0.2, 0) is 9.53 Å².